The number of carbonyl (C=O) groups excluding carboxylic acids is 1. The lowest BCUT2D eigenvalue weighted by atomic mass is 10.1. The van der Waals surface area contributed by atoms with Crippen molar-refractivity contribution in [3.63, 3.8) is 0 Å². The molecule has 0 saturated carbocycles. The number of likely N-dealkylation sites (N-methyl/N-ethyl adjacent to an activating group) is 1. The maximum atomic E-state index is 11.2. The molecule has 2 heterocycles. The van der Waals surface area contributed by atoms with E-state index in [9.17, 15) is 4.79 Å². The van der Waals surface area contributed by atoms with Gasteiger partial charge in [0, 0.05) is 32.6 Å². The van der Waals surface area contributed by atoms with Gasteiger partial charge in [0.1, 0.15) is 17.3 Å². The van der Waals surface area contributed by atoms with Gasteiger partial charge in [-0.1, -0.05) is 0 Å². The second-order valence-corrected chi connectivity index (χ2v) is 6.32. The normalized spacial score (nSPS) is 10.3. The Hall–Kier alpha value is -3.68. The predicted molar refractivity (Wildman–Crippen MR) is 110 cm³/mol. The first-order valence-corrected chi connectivity index (χ1v) is 9.11. The van der Waals surface area contributed by atoms with E-state index in [4.69, 9.17) is 9.47 Å². The summed E-state index contributed by atoms with van der Waals surface area (Å²) >= 11 is 0. The number of methoxy groups -OCH3 is 1. The van der Waals surface area contributed by atoms with Gasteiger partial charge in [0.25, 0.3) is 0 Å². The Morgan fingerprint density at radius 1 is 1.07 bits per heavy atom. The van der Waals surface area contributed by atoms with Crippen LogP contribution in [0.3, 0.4) is 0 Å². The molecule has 1 N–H and O–H groups in total. The molecule has 3 aromatic rings. The van der Waals surface area contributed by atoms with Crippen LogP contribution in [0.25, 0.3) is 11.3 Å². The molecule has 8 heteroatoms. The van der Waals surface area contributed by atoms with Crippen molar-refractivity contribution in [3.8, 4) is 28.6 Å². The molecule has 0 aliphatic heterocycles. The van der Waals surface area contributed by atoms with Gasteiger partial charge in [-0.05, 0) is 36.4 Å². The minimum absolute atomic E-state index is 0.0169. The van der Waals surface area contributed by atoms with Gasteiger partial charge in [0.2, 0.25) is 11.8 Å². The van der Waals surface area contributed by atoms with Crippen LogP contribution in [0.5, 0.6) is 17.4 Å². The molecule has 0 unspecified atom stereocenters. The van der Waals surface area contributed by atoms with Gasteiger partial charge in [-0.2, -0.15) is 4.98 Å². The molecule has 1 amide bonds. The highest BCUT2D eigenvalue weighted by Gasteiger charge is 2.05. The Balaban J connectivity index is 1.60. The third-order valence-electron chi connectivity index (χ3n) is 4.25. The third-order valence-corrected chi connectivity index (χ3v) is 4.25. The maximum absolute atomic E-state index is 11.2. The van der Waals surface area contributed by atoms with E-state index in [1.807, 2.05) is 36.4 Å². The fourth-order valence-electron chi connectivity index (χ4n) is 2.48. The molecule has 0 fully saturated rings. The summed E-state index contributed by atoms with van der Waals surface area (Å²) in [5.41, 5.74) is 1.81. The number of anilines is 1. The Labute approximate surface area is 169 Å². The smallest absolute Gasteiger partial charge is 0.239 e. The lowest BCUT2D eigenvalue weighted by molar-refractivity contribution is -0.127. The highest BCUT2D eigenvalue weighted by Crippen LogP contribution is 2.25. The van der Waals surface area contributed by atoms with Crippen LogP contribution in [0.15, 0.2) is 55.0 Å². The molecule has 8 nitrogen and oxygen atoms in total. The van der Waals surface area contributed by atoms with Crippen molar-refractivity contribution in [2.75, 3.05) is 32.6 Å². The fourth-order valence-corrected chi connectivity index (χ4v) is 2.48. The molecule has 0 saturated heterocycles. The zero-order valence-corrected chi connectivity index (χ0v) is 16.6. The predicted octanol–water partition coefficient (Wildman–Crippen LogP) is 3.23. The van der Waals surface area contributed by atoms with E-state index < -0.39 is 0 Å². The number of amides is 1. The second kappa shape index (κ2) is 9.50. The van der Waals surface area contributed by atoms with E-state index >= 15 is 0 Å². The maximum Gasteiger partial charge on any atom is 0.239 e. The number of benzene rings is 1. The van der Waals surface area contributed by atoms with E-state index in [-0.39, 0.29) is 5.91 Å². The number of carbonyl (C=O) groups is 1. The van der Waals surface area contributed by atoms with Crippen molar-refractivity contribution in [2.24, 2.45) is 0 Å². The van der Waals surface area contributed by atoms with Gasteiger partial charge in [0.15, 0.2) is 0 Å². The molecule has 150 valence electrons. The molecule has 0 atom stereocenters. The summed E-state index contributed by atoms with van der Waals surface area (Å²) in [5.74, 6) is 2.34. The molecule has 29 heavy (non-hydrogen) atoms. The van der Waals surface area contributed by atoms with Gasteiger partial charge in [-0.15, -0.1) is 0 Å². The van der Waals surface area contributed by atoms with Crippen molar-refractivity contribution in [1.82, 2.24) is 19.9 Å². The number of ether oxygens (including phenoxy) is 2. The Kier molecular flexibility index (Phi) is 6.57. The number of aromatic nitrogens is 3. The molecule has 0 radical (unpaired) electrons. The molecule has 1 aromatic carbocycles. The molecule has 2 aromatic heterocycles. The Morgan fingerprint density at radius 3 is 2.48 bits per heavy atom. The molecular formula is C21H23N5O3. The Bertz CT molecular complexity index is 945. The van der Waals surface area contributed by atoms with Crippen LogP contribution in [0.2, 0.25) is 0 Å². The monoisotopic (exact) mass is 393 g/mol. The first-order chi connectivity index (χ1) is 14.0. The molecular weight excluding hydrogens is 370 g/mol. The minimum atomic E-state index is 0.0169. The standard InChI is InChI=1S/C21H23N5O3/c1-15(27)26(2)11-10-23-20-13-22-14-21(25-20)29-17-6-4-16(5-7-17)19-9-8-18(28-3)12-24-19/h4-9,12-14H,10-11H2,1-3H3,(H,23,25). The second-order valence-electron chi connectivity index (χ2n) is 6.32. The van der Waals surface area contributed by atoms with Crippen LogP contribution in [-0.2, 0) is 4.79 Å². The van der Waals surface area contributed by atoms with Crippen LogP contribution in [-0.4, -0.2) is 53.0 Å². The summed E-state index contributed by atoms with van der Waals surface area (Å²) in [6.07, 6.45) is 4.84. The fraction of sp³-hybridized carbons (Fsp3) is 0.238. The van der Waals surface area contributed by atoms with Crippen LogP contribution in [0.4, 0.5) is 5.82 Å². The van der Waals surface area contributed by atoms with Crippen molar-refractivity contribution >= 4 is 11.7 Å². The molecule has 0 spiro atoms. The average molecular weight is 393 g/mol. The molecule has 0 aliphatic rings. The largest absolute Gasteiger partial charge is 0.495 e. The number of nitrogens with zero attached hydrogens (tertiary/aromatic N) is 4. The van der Waals surface area contributed by atoms with Crippen molar-refractivity contribution in [2.45, 2.75) is 6.92 Å². The van der Waals surface area contributed by atoms with Gasteiger partial charge in [0.05, 0.1) is 31.4 Å². The summed E-state index contributed by atoms with van der Waals surface area (Å²) in [6.45, 7) is 2.67. The number of rotatable bonds is 8. The number of pyridine rings is 1. The van der Waals surface area contributed by atoms with Crippen LogP contribution in [0.1, 0.15) is 6.92 Å². The van der Waals surface area contributed by atoms with Crippen LogP contribution >= 0.6 is 0 Å². The van der Waals surface area contributed by atoms with E-state index in [0.717, 1.165) is 11.3 Å². The van der Waals surface area contributed by atoms with Crippen molar-refractivity contribution in [3.05, 3.63) is 55.0 Å². The van der Waals surface area contributed by atoms with Crippen molar-refractivity contribution in [1.29, 1.82) is 0 Å². The molecule has 0 aliphatic carbocycles. The van der Waals surface area contributed by atoms with Gasteiger partial charge in [-0.3, -0.25) is 14.8 Å². The topological polar surface area (TPSA) is 89.5 Å². The zero-order chi connectivity index (χ0) is 20.6. The third kappa shape index (κ3) is 5.65. The lowest BCUT2D eigenvalue weighted by Gasteiger charge is -2.15. The highest BCUT2D eigenvalue weighted by atomic mass is 16.5. The molecule has 3 rings (SSSR count). The minimum Gasteiger partial charge on any atom is -0.495 e. The van der Waals surface area contributed by atoms with E-state index in [0.29, 0.717) is 36.3 Å². The molecule has 0 bridgehead atoms. The summed E-state index contributed by atoms with van der Waals surface area (Å²) in [5, 5.41) is 3.13. The lowest BCUT2D eigenvalue weighted by Crippen LogP contribution is -2.29. The zero-order valence-electron chi connectivity index (χ0n) is 16.6. The van der Waals surface area contributed by atoms with E-state index in [1.54, 1.807) is 37.6 Å². The van der Waals surface area contributed by atoms with Crippen molar-refractivity contribution < 1.29 is 14.3 Å². The van der Waals surface area contributed by atoms with Gasteiger partial charge in [-0.25, -0.2) is 0 Å². The number of nitrogens with one attached hydrogen (secondary N) is 1. The first kappa shape index (κ1) is 20.1. The van der Waals surface area contributed by atoms with Crippen LogP contribution < -0.4 is 14.8 Å². The summed E-state index contributed by atoms with van der Waals surface area (Å²) in [6, 6.07) is 11.3. The Morgan fingerprint density at radius 2 is 1.83 bits per heavy atom. The average Bonchev–Trinajstić information content (AvgIpc) is 2.74. The SMILES string of the molecule is COc1ccc(-c2ccc(Oc3cncc(NCCN(C)C(C)=O)n3)cc2)nc1. The van der Waals surface area contributed by atoms with Gasteiger partial charge >= 0.3 is 0 Å². The van der Waals surface area contributed by atoms with E-state index in [1.165, 1.54) is 6.92 Å². The van der Waals surface area contributed by atoms with E-state index in [2.05, 4.69) is 20.3 Å². The summed E-state index contributed by atoms with van der Waals surface area (Å²) in [7, 11) is 3.36. The van der Waals surface area contributed by atoms with Gasteiger partial charge < -0.3 is 19.7 Å². The number of hydrogen-bond acceptors (Lipinski definition) is 7. The summed E-state index contributed by atoms with van der Waals surface area (Å²) < 4.78 is 10.9. The summed E-state index contributed by atoms with van der Waals surface area (Å²) in [4.78, 5) is 25.8. The highest BCUT2D eigenvalue weighted by molar-refractivity contribution is 5.72. The van der Waals surface area contributed by atoms with Crippen LogP contribution in [0, 0.1) is 0 Å². The number of hydrogen-bond donors (Lipinski definition) is 1. The first-order valence-electron chi connectivity index (χ1n) is 9.11. The quantitative estimate of drug-likeness (QED) is 0.628.